The monoisotopic (exact) mass is 403 g/mol. The number of para-hydroxylation sites is 1. The van der Waals surface area contributed by atoms with E-state index in [1.165, 1.54) is 11.4 Å². The Bertz CT molecular complexity index is 684. The molecule has 0 saturated heterocycles. The lowest BCUT2D eigenvalue weighted by atomic mass is 10.3. The van der Waals surface area contributed by atoms with Gasteiger partial charge in [0.15, 0.2) is 0 Å². The van der Waals surface area contributed by atoms with Crippen molar-refractivity contribution in [3.8, 4) is 0 Å². The molecule has 0 spiro atoms. The molecule has 100 valence electrons. The average molecular weight is 405 g/mol. The topological polar surface area (TPSA) is 37.4 Å². The Morgan fingerprint density at radius 1 is 0.947 bits per heavy atom. The molecular weight excluding hydrogens is 394 g/mol. The van der Waals surface area contributed by atoms with Gasteiger partial charge in [-0.3, -0.25) is 4.31 Å². The number of anilines is 1. The maximum atomic E-state index is 12.5. The first-order valence-electron chi connectivity index (χ1n) is 5.42. The maximum absolute atomic E-state index is 12.5. The Hall–Kier alpha value is -0.850. The van der Waals surface area contributed by atoms with Gasteiger partial charge in [-0.05, 0) is 52.3 Å². The molecule has 2 aromatic rings. The summed E-state index contributed by atoms with van der Waals surface area (Å²) in [5, 5.41) is 0. The smallest absolute Gasteiger partial charge is 0.264 e. The van der Waals surface area contributed by atoms with Crippen molar-refractivity contribution in [2.24, 2.45) is 0 Å². The van der Waals surface area contributed by atoms with E-state index in [9.17, 15) is 8.42 Å². The molecule has 0 heterocycles. The van der Waals surface area contributed by atoms with Crippen LogP contribution >= 0.6 is 31.9 Å². The molecule has 0 aliphatic rings. The zero-order chi connectivity index (χ0) is 14.0. The molecule has 0 aliphatic carbocycles. The van der Waals surface area contributed by atoms with Crippen LogP contribution in [0.2, 0.25) is 0 Å². The van der Waals surface area contributed by atoms with E-state index in [1.807, 2.05) is 12.1 Å². The Kier molecular flexibility index (Phi) is 4.32. The number of rotatable bonds is 3. The Morgan fingerprint density at radius 2 is 1.53 bits per heavy atom. The van der Waals surface area contributed by atoms with Gasteiger partial charge in [0, 0.05) is 16.0 Å². The molecule has 2 rings (SSSR count). The van der Waals surface area contributed by atoms with E-state index in [4.69, 9.17) is 0 Å². The molecule has 19 heavy (non-hydrogen) atoms. The van der Waals surface area contributed by atoms with E-state index < -0.39 is 10.0 Å². The summed E-state index contributed by atoms with van der Waals surface area (Å²) in [6.07, 6.45) is 0. The number of hydrogen-bond acceptors (Lipinski definition) is 2. The Morgan fingerprint density at radius 3 is 2.11 bits per heavy atom. The third-order valence-corrected chi connectivity index (χ3v) is 5.65. The van der Waals surface area contributed by atoms with Crippen molar-refractivity contribution in [2.45, 2.75) is 4.90 Å². The fraction of sp³-hybridized carbons (Fsp3) is 0.0769. The molecule has 3 nitrogen and oxygen atoms in total. The average Bonchev–Trinajstić information content (AvgIpc) is 2.39. The third kappa shape index (κ3) is 3.01. The highest BCUT2D eigenvalue weighted by Gasteiger charge is 2.22. The normalized spacial score (nSPS) is 11.3. The molecule has 6 heteroatoms. The fourth-order valence-electron chi connectivity index (χ4n) is 1.60. The van der Waals surface area contributed by atoms with Gasteiger partial charge in [-0.25, -0.2) is 8.42 Å². The van der Waals surface area contributed by atoms with Crippen LogP contribution in [-0.2, 0) is 10.0 Å². The van der Waals surface area contributed by atoms with Crippen molar-refractivity contribution < 1.29 is 8.42 Å². The van der Waals surface area contributed by atoms with Gasteiger partial charge in [0.2, 0.25) is 0 Å². The molecule has 0 atom stereocenters. The fourth-order valence-corrected chi connectivity index (χ4v) is 3.75. The van der Waals surface area contributed by atoms with Gasteiger partial charge in [0.1, 0.15) is 0 Å². The van der Waals surface area contributed by atoms with Gasteiger partial charge in [-0.1, -0.05) is 28.1 Å². The van der Waals surface area contributed by atoms with Crippen molar-refractivity contribution >= 4 is 47.6 Å². The van der Waals surface area contributed by atoms with Crippen molar-refractivity contribution in [1.82, 2.24) is 0 Å². The summed E-state index contributed by atoms with van der Waals surface area (Å²) in [4.78, 5) is 0.258. The zero-order valence-electron chi connectivity index (χ0n) is 10.0. The second-order valence-corrected chi connectivity index (χ2v) is 7.62. The number of sulfonamides is 1. The van der Waals surface area contributed by atoms with Crippen LogP contribution in [-0.4, -0.2) is 15.5 Å². The van der Waals surface area contributed by atoms with Crippen molar-refractivity contribution in [3.63, 3.8) is 0 Å². The number of hydrogen-bond donors (Lipinski definition) is 0. The molecule has 2 aromatic carbocycles. The molecule has 0 unspecified atom stereocenters. The highest BCUT2D eigenvalue weighted by atomic mass is 79.9. The minimum atomic E-state index is -3.55. The summed E-state index contributed by atoms with van der Waals surface area (Å²) >= 11 is 6.65. The first-order valence-corrected chi connectivity index (χ1v) is 8.44. The molecule has 0 fully saturated rings. The lowest BCUT2D eigenvalue weighted by molar-refractivity contribution is 0.594. The van der Waals surface area contributed by atoms with Crippen LogP contribution in [0.15, 0.2) is 62.4 Å². The van der Waals surface area contributed by atoms with E-state index in [0.29, 0.717) is 5.69 Å². The first kappa shape index (κ1) is 14.6. The summed E-state index contributed by atoms with van der Waals surface area (Å²) in [7, 11) is -2.01. The lowest BCUT2D eigenvalue weighted by Gasteiger charge is -2.20. The van der Waals surface area contributed by atoms with Crippen molar-refractivity contribution in [3.05, 3.63) is 57.5 Å². The standard InChI is InChI=1S/C13H11Br2NO2S/c1-16(13-5-3-2-4-12(13)15)19(17,18)11-8-6-10(14)7-9-11/h2-9H,1H3. The van der Waals surface area contributed by atoms with Crippen LogP contribution in [0.25, 0.3) is 0 Å². The van der Waals surface area contributed by atoms with Crippen LogP contribution in [0, 0.1) is 0 Å². The minimum Gasteiger partial charge on any atom is -0.268 e. The SMILES string of the molecule is CN(c1ccccc1Br)S(=O)(=O)c1ccc(Br)cc1. The molecular formula is C13H11Br2NO2S. The molecule has 0 bridgehead atoms. The summed E-state index contributed by atoms with van der Waals surface area (Å²) < 4.78 is 27.8. The van der Waals surface area contributed by atoms with Crippen LogP contribution in [0.1, 0.15) is 0 Å². The third-order valence-electron chi connectivity index (χ3n) is 2.66. The van der Waals surface area contributed by atoms with Gasteiger partial charge in [0.25, 0.3) is 10.0 Å². The van der Waals surface area contributed by atoms with E-state index in [2.05, 4.69) is 31.9 Å². The summed E-state index contributed by atoms with van der Waals surface area (Å²) in [6.45, 7) is 0. The largest absolute Gasteiger partial charge is 0.268 e. The predicted octanol–water partition coefficient (Wildman–Crippen LogP) is 4.04. The van der Waals surface area contributed by atoms with Crippen LogP contribution in [0.3, 0.4) is 0 Å². The summed E-state index contributed by atoms with van der Waals surface area (Å²) in [5.41, 5.74) is 0.602. The van der Waals surface area contributed by atoms with Crippen LogP contribution in [0.4, 0.5) is 5.69 Å². The maximum Gasteiger partial charge on any atom is 0.264 e. The second-order valence-electron chi connectivity index (χ2n) is 3.88. The quantitative estimate of drug-likeness (QED) is 0.774. The van der Waals surface area contributed by atoms with E-state index in [-0.39, 0.29) is 4.90 Å². The molecule has 0 radical (unpaired) electrons. The van der Waals surface area contributed by atoms with E-state index in [0.717, 1.165) is 8.95 Å². The van der Waals surface area contributed by atoms with Crippen LogP contribution < -0.4 is 4.31 Å². The summed E-state index contributed by atoms with van der Waals surface area (Å²) in [5.74, 6) is 0. The number of nitrogens with zero attached hydrogens (tertiary/aromatic N) is 1. The minimum absolute atomic E-state index is 0.258. The van der Waals surface area contributed by atoms with Gasteiger partial charge in [-0.2, -0.15) is 0 Å². The van der Waals surface area contributed by atoms with Gasteiger partial charge in [0.05, 0.1) is 10.6 Å². The molecule has 0 aliphatic heterocycles. The lowest BCUT2D eigenvalue weighted by Crippen LogP contribution is -2.26. The number of halogens is 2. The Labute approximate surface area is 129 Å². The second kappa shape index (κ2) is 5.64. The highest BCUT2D eigenvalue weighted by Crippen LogP contribution is 2.29. The van der Waals surface area contributed by atoms with Gasteiger partial charge < -0.3 is 0 Å². The van der Waals surface area contributed by atoms with E-state index >= 15 is 0 Å². The van der Waals surface area contributed by atoms with Crippen molar-refractivity contribution in [2.75, 3.05) is 11.4 Å². The highest BCUT2D eigenvalue weighted by molar-refractivity contribution is 9.10. The van der Waals surface area contributed by atoms with Crippen molar-refractivity contribution in [1.29, 1.82) is 0 Å². The zero-order valence-corrected chi connectivity index (χ0v) is 14.0. The first-order chi connectivity index (χ1) is 8.93. The molecule has 0 saturated carbocycles. The molecule has 0 N–H and O–H groups in total. The summed E-state index contributed by atoms with van der Waals surface area (Å²) in [6, 6.07) is 13.8. The molecule has 0 amide bonds. The Balaban J connectivity index is 2.45. The predicted molar refractivity (Wildman–Crippen MR) is 83.9 cm³/mol. The van der Waals surface area contributed by atoms with Gasteiger partial charge >= 0.3 is 0 Å². The van der Waals surface area contributed by atoms with Gasteiger partial charge in [-0.15, -0.1) is 0 Å². The number of benzene rings is 2. The van der Waals surface area contributed by atoms with Crippen LogP contribution in [0.5, 0.6) is 0 Å². The molecule has 0 aromatic heterocycles. The van der Waals surface area contributed by atoms with E-state index in [1.54, 1.807) is 36.4 Å².